The number of carbonyl (C=O) groups is 1. The van der Waals surface area contributed by atoms with Crippen LogP contribution in [0.5, 0.6) is 5.75 Å². The topological polar surface area (TPSA) is 54.2 Å². The van der Waals surface area contributed by atoms with E-state index in [1.807, 2.05) is 30.3 Å². The minimum atomic E-state index is -0.330. The number of hydrogen-bond acceptors (Lipinski definition) is 3. The summed E-state index contributed by atoms with van der Waals surface area (Å²) in [4.78, 5) is 14.0. The van der Waals surface area contributed by atoms with E-state index in [-0.39, 0.29) is 23.0 Å². The lowest BCUT2D eigenvalue weighted by Crippen LogP contribution is -3.00. The number of ether oxygens (including phenoxy) is 1. The number of nitrogens with one attached hydrogen (secondary N) is 2. The molecule has 2 N–H and O–H groups in total. The Morgan fingerprint density at radius 2 is 1.55 bits per heavy atom. The summed E-state index contributed by atoms with van der Waals surface area (Å²) >= 11 is 8.14. The number of urea groups is 1. The molecular weight excluding hydrogens is 606 g/mol. The molecule has 0 radical (unpaired) electrons. The van der Waals surface area contributed by atoms with E-state index in [9.17, 15) is 4.79 Å². The molecular formula is C32H45BrClN3O2S. The van der Waals surface area contributed by atoms with Crippen LogP contribution >= 0.6 is 22.9 Å². The average molecular weight is 651 g/mol. The van der Waals surface area contributed by atoms with Crippen molar-refractivity contribution in [1.82, 2.24) is 0 Å². The summed E-state index contributed by atoms with van der Waals surface area (Å²) in [5.41, 5.74) is 4.52. The van der Waals surface area contributed by atoms with E-state index < -0.39 is 0 Å². The molecule has 0 aliphatic heterocycles. The second-order valence-corrected chi connectivity index (χ2v) is 11.8. The van der Waals surface area contributed by atoms with E-state index in [2.05, 4.69) is 46.8 Å². The zero-order valence-corrected chi connectivity index (χ0v) is 27.2. The number of unbranched alkanes of at least 4 members (excludes halogenated alkanes) is 11. The lowest BCUT2D eigenvalue weighted by molar-refractivity contribution is -0.683. The molecule has 0 aliphatic carbocycles. The van der Waals surface area contributed by atoms with Crippen molar-refractivity contribution >= 4 is 40.3 Å². The summed E-state index contributed by atoms with van der Waals surface area (Å²) in [6.07, 6.45) is 17.7. The van der Waals surface area contributed by atoms with E-state index in [1.165, 1.54) is 69.1 Å². The van der Waals surface area contributed by atoms with Crippen LogP contribution in [0, 0.1) is 6.92 Å². The summed E-state index contributed by atoms with van der Waals surface area (Å²) < 4.78 is 8.17. The van der Waals surface area contributed by atoms with Crippen LogP contribution in [0.3, 0.4) is 0 Å². The third kappa shape index (κ3) is 13.0. The molecule has 2 aromatic carbocycles. The van der Waals surface area contributed by atoms with Crippen molar-refractivity contribution in [3.63, 3.8) is 0 Å². The van der Waals surface area contributed by atoms with Gasteiger partial charge in [0.2, 0.25) is 5.51 Å². The first-order valence-corrected chi connectivity index (χ1v) is 15.8. The molecule has 0 bridgehead atoms. The number of aromatic nitrogens is 1. The molecule has 2 amide bonds. The predicted octanol–water partition coefficient (Wildman–Crippen LogP) is 6.77. The normalized spacial score (nSPS) is 10.7. The van der Waals surface area contributed by atoms with Crippen LogP contribution in [-0.2, 0) is 6.54 Å². The standard InChI is InChI=1S/C32H44ClN3O2S.BrH/c1-3-4-5-6-7-8-9-10-11-12-13-14-21-38-31-29(33)19-16-20-30(31)35-32(37)34-28-18-15-17-27(22-28)24-36-23-26(2)39-25-36;/h15-20,22-23,25H,3-14,21,24H2,1-2H3,(H-,34,35,37);1H. The van der Waals surface area contributed by atoms with Crippen molar-refractivity contribution in [2.24, 2.45) is 0 Å². The fraction of sp³-hybridized carbons (Fsp3) is 0.500. The molecule has 0 fully saturated rings. The largest absolute Gasteiger partial charge is 1.00 e. The summed E-state index contributed by atoms with van der Waals surface area (Å²) in [6.45, 7) is 5.70. The molecule has 0 unspecified atom stereocenters. The first-order chi connectivity index (χ1) is 19.0. The highest BCUT2D eigenvalue weighted by Gasteiger charge is 2.13. The highest BCUT2D eigenvalue weighted by molar-refractivity contribution is 7.09. The monoisotopic (exact) mass is 649 g/mol. The third-order valence-corrected chi connectivity index (χ3v) is 7.88. The first kappa shape index (κ1) is 34.1. The van der Waals surface area contributed by atoms with Crippen LogP contribution in [0.2, 0.25) is 5.02 Å². The van der Waals surface area contributed by atoms with Gasteiger partial charge in [0.05, 0.1) is 22.2 Å². The van der Waals surface area contributed by atoms with Gasteiger partial charge in [-0.25, -0.2) is 4.79 Å². The van der Waals surface area contributed by atoms with Gasteiger partial charge >= 0.3 is 6.03 Å². The number of amides is 2. The SMILES string of the molecule is CCCCCCCCCCCCCCOc1c(Cl)cccc1NC(=O)Nc1cccc(C[n+]2csc(C)c2)c1.[Br-]. The van der Waals surface area contributed by atoms with Crippen LogP contribution in [-0.4, -0.2) is 12.6 Å². The summed E-state index contributed by atoms with van der Waals surface area (Å²) in [5, 5.41) is 6.33. The molecule has 0 atom stereocenters. The molecule has 0 saturated carbocycles. The number of nitrogens with zero attached hydrogens (tertiary/aromatic N) is 1. The lowest BCUT2D eigenvalue weighted by Gasteiger charge is -2.15. The van der Waals surface area contributed by atoms with Gasteiger partial charge in [-0.2, -0.15) is 4.57 Å². The maximum atomic E-state index is 12.8. The number of hydrogen-bond donors (Lipinski definition) is 2. The maximum absolute atomic E-state index is 12.8. The molecule has 1 aromatic heterocycles. The summed E-state index contributed by atoms with van der Waals surface area (Å²) in [6, 6.07) is 13.0. The Morgan fingerprint density at radius 3 is 2.20 bits per heavy atom. The quantitative estimate of drug-likeness (QED) is 0.118. The van der Waals surface area contributed by atoms with E-state index in [0.717, 1.165) is 30.6 Å². The number of aryl methyl sites for hydroxylation is 1. The Bertz CT molecular complexity index is 1140. The number of para-hydroxylation sites is 1. The van der Waals surface area contributed by atoms with E-state index in [4.69, 9.17) is 16.3 Å². The van der Waals surface area contributed by atoms with Crippen LogP contribution < -0.4 is 36.9 Å². The van der Waals surface area contributed by atoms with Crippen LogP contribution in [0.1, 0.15) is 94.4 Å². The minimum Gasteiger partial charge on any atom is -1.00 e. The van der Waals surface area contributed by atoms with Crippen molar-refractivity contribution in [2.75, 3.05) is 17.2 Å². The smallest absolute Gasteiger partial charge is 0.323 e. The molecule has 1 heterocycles. The number of rotatable bonds is 18. The zero-order valence-electron chi connectivity index (χ0n) is 24.0. The van der Waals surface area contributed by atoms with Gasteiger partial charge in [-0.3, -0.25) is 0 Å². The Hall–Kier alpha value is -2.09. The molecule has 3 aromatic rings. The maximum Gasteiger partial charge on any atom is 0.323 e. The van der Waals surface area contributed by atoms with Crippen LogP contribution in [0.4, 0.5) is 16.2 Å². The van der Waals surface area contributed by atoms with Gasteiger partial charge in [0.1, 0.15) is 0 Å². The Balaban J connectivity index is 0.00000560. The molecule has 0 aliphatic rings. The predicted molar refractivity (Wildman–Crippen MR) is 165 cm³/mol. The minimum absolute atomic E-state index is 0. The van der Waals surface area contributed by atoms with Crippen molar-refractivity contribution in [1.29, 1.82) is 0 Å². The number of carbonyl (C=O) groups excluding carboxylic acids is 1. The molecule has 8 heteroatoms. The fourth-order valence-electron chi connectivity index (χ4n) is 4.64. The lowest BCUT2D eigenvalue weighted by atomic mass is 10.1. The second-order valence-electron chi connectivity index (χ2n) is 10.3. The number of benzene rings is 2. The molecule has 40 heavy (non-hydrogen) atoms. The molecule has 0 saturated heterocycles. The molecule has 0 spiro atoms. The van der Waals surface area contributed by atoms with Crippen LogP contribution in [0.25, 0.3) is 0 Å². The number of thiazole rings is 1. The van der Waals surface area contributed by atoms with Gasteiger partial charge in [-0.05, 0) is 37.6 Å². The van der Waals surface area contributed by atoms with Gasteiger partial charge in [0.25, 0.3) is 0 Å². The van der Waals surface area contributed by atoms with Gasteiger partial charge in [0, 0.05) is 11.3 Å². The number of halogens is 2. The Kier molecular flexibility index (Phi) is 17.0. The average Bonchev–Trinajstić information content (AvgIpc) is 3.32. The number of anilines is 2. The van der Waals surface area contributed by atoms with Crippen molar-refractivity contribution in [3.05, 3.63) is 69.6 Å². The Labute approximate surface area is 260 Å². The van der Waals surface area contributed by atoms with Crippen molar-refractivity contribution in [2.45, 2.75) is 97.4 Å². The third-order valence-electron chi connectivity index (χ3n) is 6.73. The van der Waals surface area contributed by atoms with Gasteiger partial charge in [0.15, 0.2) is 18.5 Å². The highest BCUT2D eigenvalue weighted by atomic mass is 79.9. The summed E-state index contributed by atoms with van der Waals surface area (Å²) in [7, 11) is 0. The van der Waals surface area contributed by atoms with Crippen molar-refractivity contribution < 1.29 is 31.1 Å². The van der Waals surface area contributed by atoms with Gasteiger partial charge < -0.3 is 32.4 Å². The first-order valence-electron chi connectivity index (χ1n) is 14.6. The molecule has 5 nitrogen and oxygen atoms in total. The van der Waals surface area contributed by atoms with Gasteiger partial charge in [-0.15, -0.1) is 0 Å². The second kappa shape index (κ2) is 19.9. The van der Waals surface area contributed by atoms with Gasteiger partial charge in [-0.1, -0.05) is 119 Å². The summed E-state index contributed by atoms with van der Waals surface area (Å²) in [5.74, 6) is 0.523. The van der Waals surface area contributed by atoms with Crippen molar-refractivity contribution in [3.8, 4) is 5.75 Å². The zero-order chi connectivity index (χ0) is 27.7. The van der Waals surface area contributed by atoms with Crippen LogP contribution in [0.15, 0.2) is 54.2 Å². The van der Waals surface area contributed by atoms with E-state index >= 15 is 0 Å². The van der Waals surface area contributed by atoms with E-state index in [0.29, 0.717) is 23.1 Å². The fourth-order valence-corrected chi connectivity index (χ4v) is 5.50. The Morgan fingerprint density at radius 1 is 0.900 bits per heavy atom. The molecule has 220 valence electrons. The van der Waals surface area contributed by atoms with E-state index in [1.54, 1.807) is 17.4 Å². The molecule has 3 rings (SSSR count). The highest BCUT2D eigenvalue weighted by Crippen LogP contribution is 2.33.